The van der Waals surface area contributed by atoms with Crippen LogP contribution in [0.1, 0.15) is 51.8 Å². The van der Waals surface area contributed by atoms with E-state index in [0.717, 1.165) is 60.7 Å². The summed E-state index contributed by atoms with van der Waals surface area (Å²) in [6.45, 7) is 0. The Hall–Kier alpha value is -5.79. The zero-order chi connectivity index (χ0) is 37.5. The quantitative estimate of drug-likeness (QED) is 0.117. The molecule has 1 aliphatic rings. The van der Waals surface area contributed by atoms with Crippen molar-refractivity contribution in [3.8, 4) is 0 Å². The first kappa shape index (κ1) is 36.0. The van der Waals surface area contributed by atoms with Crippen LogP contribution >= 0.6 is 0 Å². The number of carbonyl (C=O) groups is 5. The minimum absolute atomic E-state index is 0.535. The highest BCUT2D eigenvalue weighted by Gasteiger charge is 2.92. The van der Waals surface area contributed by atoms with Crippen LogP contribution < -0.4 is 0 Å². The van der Waals surface area contributed by atoms with E-state index in [-0.39, 0.29) is 0 Å². The fourth-order valence-corrected chi connectivity index (χ4v) is 7.11. The van der Waals surface area contributed by atoms with Gasteiger partial charge in [0.15, 0.2) is 11.2 Å². The monoisotopic (exact) mass is 700 g/mol. The van der Waals surface area contributed by atoms with Crippen LogP contribution in [0.4, 0.5) is 0 Å². The fourth-order valence-electron chi connectivity index (χ4n) is 7.11. The maximum absolute atomic E-state index is 15.0. The Balaban J connectivity index is 1.85. The lowest BCUT2D eigenvalue weighted by molar-refractivity contribution is -0.335. The topological polar surface area (TPSA) is 207 Å². The van der Waals surface area contributed by atoms with E-state index in [0.29, 0.717) is 0 Å². The van der Waals surface area contributed by atoms with Crippen molar-refractivity contribution in [1.82, 2.24) is 0 Å². The van der Waals surface area contributed by atoms with Gasteiger partial charge in [-0.1, -0.05) is 152 Å². The maximum Gasteiger partial charge on any atom is 0.207 e. The molecule has 0 saturated heterocycles. The van der Waals surface area contributed by atoms with Gasteiger partial charge < -0.3 is 30.6 Å². The van der Waals surface area contributed by atoms with Crippen LogP contribution in [0.3, 0.4) is 0 Å². The molecule has 5 aromatic carbocycles. The van der Waals surface area contributed by atoms with Crippen molar-refractivity contribution in [2.75, 3.05) is 0 Å². The average molecular weight is 701 g/mol. The van der Waals surface area contributed by atoms with Crippen LogP contribution in [-0.4, -0.2) is 93.7 Å². The number of aliphatic hydroxyl groups excluding tert-OH is 1. The summed E-state index contributed by atoms with van der Waals surface area (Å²) in [7, 11) is 0. The predicted octanol–water partition coefficient (Wildman–Crippen LogP) is 2.43. The SMILES string of the molecule is O=C(c1ccccc1)[C@@]1(O)[C@](O)(C(=O)c2ccccc2)[C@@](O)(C(=O)c2ccccc2)[C@H](O)[C@@](O)(C(=O)c2ccccc2)[C@]1(O)C(=O)c1ccccc1. The Morgan fingerprint density at radius 1 is 0.327 bits per heavy atom. The Morgan fingerprint density at radius 2 is 0.519 bits per heavy atom. The van der Waals surface area contributed by atoms with Gasteiger partial charge in [-0.3, -0.25) is 24.0 Å². The number of ketones is 5. The van der Waals surface area contributed by atoms with Gasteiger partial charge >= 0.3 is 0 Å². The molecule has 0 spiro atoms. The van der Waals surface area contributed by atoms with Gasteiger partial charge in [-0.15, -0.1) is 0 Å². The third-order valence-corrected chi connectivity index (χ3v) is 9.80. The zero-order valence-electron chi connectivity index (χ0n) is 27.2. The molecule has 52 heavy (non-hydrogen) atoms. The van der Waals surface area contributed by atoms with Gasteiger partial charge in [0.05, 0.1) is 0 Å². The molecule has 0 radical (unpaired) electrons. The second-order valence-corrected chi connectivity index (χ2v) is 12.5. The van der Waals surface area contributed by atoms with E-state index in [2.05, 4.69) is 0 Å². The molecule has 0 aromatic heterocycles. The molecule has 0 aliphatic heterocycles. The van der Waals surface area contributed by atoms with Crippen molar-refractivity contribution < 1.29 is 54.6 Å². The summed E-state index contributed by atoms with van der Waals surface area (Å²) in [4.78, 5) is 74.2. The molecular formula is C41H32O11. The molecule has 0 heterocycles. The van der Waals surface area contributed by atoms with Crippen molar-refractivity contribution >= 4 is 28.9 Å². The predicted molar refractivity (Wildman–Crippen MR) is 185 cm³/mol. The van der Waals surface area contributed by atoms with Gasteiger partial charge in [0, 0.05) is 27.8 Å². The van der Waals surface area contributed by atoms with Gasteiger partial charge in [-0.05, 0) is 0 Å². The van der Waals surface area contributed by atoms with Crippen LogP contribution in [0.15, 0.2) is 152 Å². The lowest BCUT2D eigenvalue weighted by Crippen LogP contribution is -2.98. The first-order valence-electron chi connectivity index (χ1n) is 16.0. The number of rotatable bonds is 10. The van der Waals surface area contributed by atoms with Crippen molar-refractivity contribution in [3.63, 3.8) is 0 Å². The van der Waals surface area contributed by atoms with Crippen LogP contribution in [0.25, 0.3) is 0 Å². The van der Waals surface area contributed by atoms with Gasteiger partial charge in [0.1, 0.15) is 6.10 Å². The summed E-state index contributed by atoms with van der Waals surface area (Å²) < 4.78 is 0. The minimum atomic E-state index is -4.56. The maximum atomic E-state index is 15.0. The Kier molecular flexibility index (Phi) is 9.06. The Bertz CT molecular complexity index is 2030. The fraction of sp³-hybridized carbons (Fsp3) is 0.146. The summed E-state index contributed by atoms with van der Waals surface area (Å²) >= 11 is 0. The van der Waals surface area contributed by atoms with E-state index in [9.17, 15) is 49.8 Å². The smallest absolute Gasteiger partial charge is 0.207 e. The summed E-state index contributed by atoms with van der Waals surface area (Å²) in [5.41, 5.74) is -24.9. The van der Waals surface area contributed by atoms with Crippen molar-refractivity contribution in [2.24, 2.45) is 0 Å². The highest BCUT2D eigenvalue weighted by atomic mass is 16.5. The normalized spacial score (nSPS) is 28.4. The van der Waals surface area contributed by atoms with E-state index < -0.39 is 90.8 Å². The molecule has 1 fully saturated rings. The molecule has 11 heteroatoms. The van der Waals surface area contributed by atoms with Crippen molar-refractivity contribution in [2.45, 2.75) is 34.1 Å². The summed E-state index contributed by atoms with van der Waals surface area (Å²) in [6.07, 6.45) is -3.51. The molecule has 262 valence electrons. The molecule has 1 aliphatic carbocycles. The Morgan fingerprint density at radius 3 is 0.750 bits per heavy atom. The number of aliphatic hydroxyl groups is 6. The first-order valence-corrected chi connectivity index (χ1v) is 16.0. The molecule has 0 unspecified atom stereocenters. The van der Waals surface area contributed by atoms with Crippen LogP contribution in [-0.2, 0) is 0 Å². The largest absolute Gasteiger partial charge is 0.386 e. The number of benzene rings is 5. The Labute approximate surface area is 296 Å². The molecule has 0 amide bonds. The second-order valence-electron chi connectivity index (χ2n) is 12.5. The molecule has 6 rings (SSSR count). The van der Waals surface area contributed by atoms with Gasteiger partial charge in [0.25, 0.3) is 0 Å². The van der Waals surface area contributed by atoms with Crippen LogP contribution in [0.2, 0.25) is 0 Å². The summed E-state index contributed by atoms with van der Waals surface area (Å²) in [5, 5.41) is 77.5. The van der Waals surface area contributed by atoms with Crippen LogP contribution in [0.5, 0.6) is 0 Å². The van der Waals surface area contributed by atoms with Gasteiger partial charge in [-0.2, -0.15) is 0 Å². The van der Waals surface area contributed by atoms with E-state index in [1.807, 2.05) is 0 Å². The lowest BCUT2D eigenvalue weighted by atomic mass is 9.43. The lowest BCUT2D eigenvalue weighted by Gasteiger charge is -2.65. The highest BCUT2D eigenvalue weighted by Crippen LogP contribution is 2.58. The summed E-state index contributed by atoms with van der Waals surface area (Å²) in [6, 6.07) is 31.0. The number of carbonyl (C=O) groups excluding carboxylic acids is 5. The van der Waals surface area contributed by atoms with E-state index in [1.54, 1.807) is 0 Å². The van der Waals surface area contributed by atoms with Crippen molar-refractivity contribution in [1.29, 1.82) is 0 Å². The second kappa shape index (κ2) is 13.1. The first-order chi connectivity index (χ1) is 24.7. The number of hydrogen-bond acceptors (Lipinski definition) is 11. The molecule has 1 saturated carbocycles. The molecule has 11 nitrogen and oxygen atoms in total. The molecule has 6 atom stereocenters. The molecule has 6 N–H and O–H groups in total. The third kappa shape index (κ3) is 4.72. The molecule has 5 aromatic rings. The van der Waals surface area contributed by atoms with E-state index in [4.69, 9.17) is 0 Å². The third-order valence-electron chi connectivity index (χ3n) is 9.80. The van der Waals surface area contributed by atoms with E-state index >= 15 is 4.79 Å². The van der Waals surface area contributed by atoms with Crippen molar-refractivity contribution in [3.05, 3.63) is 179 Å². The van der Waals surface area contributed by atoms with Gasteiger partial charge in [0.2, 0.25) is 45.7 Å². The number of hydrogen-bond donors (Lipinski definition) is 6. The molecular weight excluding hydrogens is 668 g/mol. The zero-order valence-corrected chi connectivity index (χ0v) is 27.2. The van der Waals surface area contributed by atoms with Crippen LogP contribution in [0, 0.1) is 0 Å². The summed E-state index contributed by atoms with van der Waals surface area (Å²) in [5.74, 6) is -9.07. The number of Topliss-reactive ketones (excluding diaryl/α,β-unsaturated/α-hetero) is 5. The molecule has 0 bridgehead atoms. The average Bonchev–Trinajstić information content (AvgIpc) is 3.21. The van der Waals surface area contributed by atoms with Gasteiger partial charge in [-0.25, -0.2) is 0 Å². The highest BCUT2D eigenvalue weighted by molar-refractivity contribution is 6.25. The standard InChI is InChI=1S/C41H32O11/c42-31(26-16-6-1-7-17-26)37(48)36(47)38(49,32(43)27-18-8-2-9-19-27)40(51,34(45)29-22-12-4-13-23-29)41(52,35(46)30-24-14-5-15-25-30)39(37,50)33(44)28-20-10-3-11-21-28/h1-25,36,47-52H/t36-,37+,38-,39-,40+,41+. The van der Waals surface area contributed by atoms with E-state index in [1.165, 1.54) is 91.0 Å². The minimum Gasteiger partial charge on any atom is -0.386 e.